The number of nitrogens with zero attached hydrogens (tertiary/aromatic N) is 5. The summed E-state index contributed by atoms with van der Waals surface area (Å²) in [6, 6.07) is 8.36. The predicted octanol–water partition coefficient (Wildman–Crippen LogP) is 3.74. The first kappa shape index (κ1) is 16.4. The Kier molecular flexibility index (Phi) is 3.75. The molecule has 8 heteroatoms. The van der Waals surface area contributed by atoms with Gasteiger partial charge < -0.3 is 9.40 Å². The fourth-order valence-electron chi connectivity index (χ4n) is 3.16. The number of H-pyrrole nitrogens is 1. The van der Waals surface area contributed by atoms with E-state index in [1.165, 1.54) is 12.1 Å². The van der Waals surface area contributed by atoms with Crippen LogP contribution in [-0.4, -0.2) is 29.9 Å². The largest absolute Gasteiger partial charge is 0.420 e. The lowest BCUT2D eigenvalue weighted by atomic mass is 10.1. The molecule has 0 aliphatic rings. The van der Waals surface area contributed by atoms with Crippen molar-refractivity contribution in [3.05, 3.63) is 72.4 Å². The number of hydrogen-bond donors (Lipinski definition) is 1. The second-order valence-corrected chi connectivity index (χ2v) is 6.53. The molecule has 1 aromatic carbocycles. The van der Waals surface area contributed by atoms with Gasteiger partial charge in [-0.2, -0.15) is 5.10 Å². The van der Waals surface area contributed by atoms with Crippen molar-refractivity contribution in [2.24, 2.45) is 7.05 Å². The van der Waals surface area contributed by atoms with Gasteiger partial charge in [0.1, 0.15) is 11.5 Å². The van der Waals surface area contributed by atoms with Crippen molar-refractivity contribution in [1.82, 2.24) is 29.9 Å². The summed E-state index contributed by atoms with van der Waals surface area (Å²) in [5.41, 5.74) is 4.19. The van der Waals surface area contributed by atoms with Crippen molar-refractivity contribution in [2.75, 3.05) is 0 Å². The van der Waals surface area contributed by atoms with Crippen molar-refractivity contribution in [1.29, 1.82) is 0 Å². The molecule has 0 radical (unpaired) electrons. The van der Waals surface area contributed by atoms with Crippen LogP contribution in [0.25, 0.3) is 33.6 Å². The van der Waals surface area contributed by atoms with Crippen LogP contribution in [0.2, 0.25) is 0 Å². The van der Waals surface area contributed by atoms with E-state index >= 15 is 0 Å². The zero-order valence-corrected chi connectivity index (χ0v) is 14.9. The van der Waals surface area contributed by atoms with Gasteiger partial charge in [0.15, 0.2) is 0 Å². The number of nitrogens with one attached hydrogen (secondary N) is 1. The summed E-state index contributed by atoms with van der Waals surface area (Å²) in [7, 11) is 1.87. The first-order valence-corrected chi connectivity index (χ1v) is 8.69. The molecule has 0 spiro atoms. The Bertz CT molecular complexity index is 1280. The standard InChI is InChI=1S/C20H15FN6O/c1-27-11-14(9-24-27)13-7-16-17(10-23-19(16)22-8-13)20-26-25-18(28-20)6-12-3-2-4-15(21)5-12/h2-5,7-11H,6H2,1H3,(H,22,23). The van der Waals surface area contributed by atoms with Crippen LogP contribution in [0.3, 0.4) is 0 Å². The highest BCUT2D eigenvalue weighted by Gasteiger charge is 2.15. The van der Waals surface area contributed by atoms with Crippen LogP contribution >= 0.6 is 0 Å². The summed E-state index contributed by atoms with van der Waals surface area (Å²) < 4.78 is 20.9. The second kappa shape index (κ2) is 6.41. The number of halogens is 1. The number of rotatable bonds is 4. The summed E-state index contributed by atoms with van der Waals surface area (Å²) in [4.78, 5) is 7.60. The number of aromatic nitrogens is 6. The van der Waals surface area contributed by atoms with Gasteiger partial charge in [0.25, 0.3) is 0 Å². The first-order chi connectivity index (χ1) is 13.7. The third-order valence-corrected chi connectivity index (χ3v) is 4.51. The topological polar surface area (TPSA) is 85.4 Å². The fourth-order valence-corrected chi connectivity index (χ4v) is 3.16. The lowest BCUT2D eigenvalue weighted by Crippen LogP contribution is -1.89. The molecule has 0 saturated heterocycles. The first-order valence-electron chi connectivity index (χ1n) is 8.69. The minimum Gasteiger partial charge on any atom is -0.420 e. The van der Waals surface area contributed by atoms with Crippen LogP contribution in [-0.2, 0) is 13.5 Å². The van der Waals surface area contributed by atoms with E-state index in [9.17, 15) is 4.39 Å². The summed E-state index contributed by atoms with van der Waals surface area (Å²) in [5.74, 6) is 0.525. The number of benzene rings is 1. The normalized spacial score (nSPS) is 11.4. The maximum Gasteiger partial charge on any atom is 0.249 e. The van der Waals surface area contributed by atoms with Crippen LogP contribution in [0.1, 0.15) is 11.5 Å². The Morgan fingerprint density at radius 3 is 2.89 bits per heavy atom. The second-order valence-electron chi connectivity index (χ2n) is 6.53. The van der Waals surface area contributed by atoms with Gasteiger partial charge in [-0.15, -0.1) is 10.2 Å². The third-order valence-electron chi connectivity index (χ3n) is 4.51. The van der Waals surface area contributed by atoms with Gasteiger partial charge in [-0.25, -0.2) is 9.37 Å². The highest BCUT2D eigenvalue weighted by atomic mass is 19.1. The zero-order valence-electron chi connectivity index (χ0n) is 14.9. The van der Waals surface area contributed by atoms with Crippen molar-refractivity contribution >= 4 is 11.0 Å². The van der Waals surface area contributed by atoms with E-state index in [0.717, 1.165) is 33.3 Å². The molecule has 0 amide bonds. The zero-order chi connectivity index (χ0) is 19.1. The lowest BCUT2D eigenvalue weighted by Gasteiger charge is -1.99. The Hall–Kier alpha value is -3.81. The predicted molar refractivity (Wildman–Crippen MR) is 101 cm³/mol. The fraction of sp³-hybridized carbons (Fsp3) is 0.100. The van der Waals surface area contributed by atoms with Gasteiger partial charge >= 0.3 is 0 Å². The van der Waals surface area contributed by atoms with Crippen molar-refractivity contribution < 1.29 is 8.81 Å². The number of pyridine rings is 1. The molecule has 0 saturated carbocycles. The number of aryl methyl sites for hydroxylation is 1. The molecule has 0 aliphatic carbocycles. The van der Waals surface area contributed by atoms with Gasteiger partial charge in [-0.1, -0.05) is 12.1 Å². The Balaban J connectivity index is 1.50. The minimum atomic E-state index is -0.289. The molecule has 138 valence electrons. The molecule has 0 bridgehead atoms. The van der Waals surface area contributed by atoms with Gasteiger partial charge in [-0.3, -0.25) is 4.68 Å². The monoisotopic (exact) mass is 374 g/mol. The molecule has 0 aliphatic heterocycles. The Morgan fingerprint density at radius 1 is 1.14 bits per heavy atom. The van der Waals surface area contributed by atoms with E-state index in [1.807, 2.05) is 25.4 Å². The summed E-state index contributed by atoms with van der Waals surface area (Å²) in [5, 5.41) is 13.3. The number of hydrogen-bond acceptors (Lipinski definition) is 5. The van der Waals surface area contributed by atoms with E-state index in [2.05, 4.69) is 25.3 Å². The van der Waals surface area contributed by atoms with E-state index < -0.39 is 0 Å². The van der Waals surface area contributed by atoms with Crippen molar-refractivity contribution in [2.45, 2.75) is 6.42 Å². The molecule has 5 rings (SSSR count). The van der Waals surface area contributed by atoms with E-state index in [0.29, 0.717) is 18.2 Å². The van der Waals surface area contributed by atoms with Crippen LogP contribution < -0.4 is 0 Å². The van der Waals surface area contributed by atoms with E-state index in [-0.39, 0.29) is 5.82 Å². The average molecular weight is 374 g/mol. The van der Waals surface area contributed by atoms with Crippen LogP contribution in [0.4, 0.5) is 4.39 Å². The molecule has 4 heterocycles. The number of fused-ring (bicyclic) bond motifs is 1. The van der Waals surface area contributed by atoms with Crippen molar-refractivity contribution in [3.63, 3.8) is 0 Å². The van der Waals surface area contributed by atoms with Gasteiger partial charge in [0, 0.05) is 42.2 Å². The summed E-state index contributed by atoms with van der Waals surface area (Å²) >= 11 is 0. The highest BCUT2D eigenvalue weighted by Crippen LogP contribution is 2.30. The average Bonchev–Trinajstić information content (AvgIpc) is 3.40. The highest BCUT2D eigenvalue weighted by molar-refractivity contribution is 5.93. The molecular weight excluding hydrogens is 359 g/mol. The Labute approximate surface area is 158 Å². The third kappa shape index (κ3) is 2.94. The molecule has 0 fully saturated rings. The number of aromatic amines is 1. The maximum atomic E-state index is 13.4. The summed E-state index contributed by atoms with van der Waals surface area (Å²) in [6.07, 6.45) is 7.68. The van der Waals surface area contributed by atoms with Crippen LogP contribution in [0.5, 0.6) is 0 Å². The molecule has 5 aromatic rings. The molecule has 28 heavy (non-hydrogen) atoms. The van der Waals surface area contributed by atoms with Crippen LogP contribution in [0, 0.1) is 5.82 Å². The Morgan fingerprint density at radius 2 is 2.07 bits per heavy atom. The quantitative estimate of drug-likeness (QED) is 0.518. The molecule has 0 atom stereocenters. The van der Waals surface area contributed by atoms with Gasteiger partial charge in [0.2, 0.25) is 11.8 Å². The van der Waals surface area contributed by atoms with Gasteiger partial charge in [0.05, 0.1) is 18.2 Å². The summed E-state index contributed by atoms with van der Waals surface area (Å²) in [6.45, 7) is 0. The van der Waals surface area contributed by atoms with Gasteiger partial charge in [-0.05, 0) is 23.8 Å². The lowest BCUT2D eigenvalue weighted by molar-refractivity contribution is 0.518. The molecule has 1 N–H and O–H groups in total. The van der Waals surface area contributed by atoms with E-state index in [1.54, 1.807) is 29.3 Å². The molecule has 4 aromatic heterocycles. The minimum absolute atomic E-state index is 0.289. The van der Waals surface area contributed by atoms with E-state index in [4.69, 9.17) is 4.42 Å². The smallest absolute Gasteiger partial charge is 0.249 e. The van der Waals surface area contributed by atoms with Crippen LogP contribution in [0.15, 0.2) is 59.5 Å². The molecule has 0 unspecified atom stereocenters. The molecular formula is C20H15FN6O. The SMILES string of the molecule is Cn1cc(-c2cnc3[nH]cc(-c4nnc(Cc5cccc(F)c5)o4)c3c2)cn1. The van der Waals surface area contributed by atoms with Crippen molar-refractivity contribution in [3.8, 4) is 22.6 Å². The maximum absolute atomic E-state index is 13.4. The molecule has 7 nitrogen and oxygen atoms in total.